The van der Waals surface area contributed by atoms with Crippen LogP contribution in [0.25, 0.3) is 11.0 Å². The summed E-state index contributed by atoms with van der Waals surface area (Å²) in [4.78, 5) is 8.29. The van der Waals surface area contributed by atoms with Gasteiger partial charge in [0.2, 0.25) is 5.95 Å². The molecular weight excluding hydrogens is 277 g/mol. The minimum Gasteiger partial charge on any atom is -0.494 e. The predicted octanol–water partition coefficient (Wildman–Crippen LogP) is 1.53. The number of rotatable bonds is 4. The molecule has 0 bridgehead atoms. The molecule has 2 heterocycles. The molecule has 1 aromatic carbocycles. The van der Waals surface area contributed by atoms with Crippen molar-refractivity contribution >= 4 is 28.5 Å². The molecule has 0 saturated heterocycles. The highest BCUT2D eigenvalue weighted by Gasteiger charge is 2.10. The van der Waals surface area contributed by atoms with E-state index in [0.717, 1.165) is 0 Å². The number of nitrogen functional groups attached to an aromatic ring is 1. The average Bonchev–Trinajstić information content (AvgIpc) is 2.96. The number of anilines is 3. The first-order chi connectivity index (χ1) is 10.2. The molecule has 0 amide bonds. The largest absolute Gasteiger partial charge is 0.494 e. The summed E-state index contributed by atoms with van der Waals surface area (Å²) in [6.07, 6.45) is 1.57. The molecule has 9 heteroatoms. The number of ether oxygens (including phenoxy) is 1. The first kappa shape index (κ1) is 13.1. The van der Waals surface area contributed by atoms with Crippen LogP contribution in [0.3, 0.4) is 0 Å². The van der Waals surface area contributed by atoms with Crippen molar-refractivity contribution in [2.24, 2.45) is 5.84 Å². The number of hydrogen-bond acceptors (Lipinski definition) is 7. The van der Waals surface area contributed by atoms with Crippen LogP contribution in [0.5, 0.6) is 5.75 Å². The molecule has 21 heavy (non-hydrogen) atoms. The summed E-state index contributed by atoms with van der Waals surface area (Å²) in [7, 11) is 1.41. The van der Waals surface area contributed by atoms with Gasteiger partial charge in [0.1, 0.15) is 5.82 Å². The highest BCUT2D eigenvalue weighted by molar-refractivity contribution is 5.89. The Labute approximate surface area is 118 Å². The Bertz CT molecular complexity index is 788. The van der Waals surface area contributed by atoms with Gasteiger partial charge in [0.15, 0.2) is 17.2 Å². The lowest BCUT2D eigenvalue weighted by Gasteiger charge is -2.09. The smallest absolute Gasteiger partial charge is 0.241 e. The van der Waals surface area contributed by atoms with Gasteiger partial charge in [-0.2, -0.15) is 15.1 Å². The second-order valence-electron chi connectivity index (χ2n) is 4.15. The number of aromatic amines is 1. The van der Waals surface area contributed by atoms with Gasteiger partial charge in [-0.25, -0.2) is 10.2 Å². The van der Waals surface area contributed by atoms with Gasteiger partial charge < -0.3 is 10.1 Å². The number of hydrogen-bond donors (Lipinski definition) is 4. The number of fused-ring (bicyclic) bond motifs is 1. The maximum atomic E-state index is 13.7. The van der Waals surface area contributed by atoms with Gasteiger partial charge >= 0.3 is 0 Å². The number of halogens is 1. The van der Waals surface area contributed by atoms with Crippen molar-refractivity contribution in [1.82, 2.24) is 20.2 Å². The Kier molecular flexibility index (Phi) is 3.24. The number of methoxy groups -OCH3 is 1. The number of benzene rings is 1. The molecule has 0 aliphatic carbocycles. The number of aromatic nitrogens is 4. The van der Waals surface area contributed by atoms with Crippen molar-refractivity contribution in [3.8, 4) is 5.75 Å². The van der Waals surface area contributed by atoms with E-state index in [1.165, 1.54) is 19.2 Å². The number of hydrazine groups is 1. The third-order valence-corrected chi connectivity index (χ3v) is 2.85. The van der Waals surface area contributed by atoms with Gasteiger partial charge in [-0.05, 0) is 12.1 Å². The van der Waals surface area contributed by atoms with E-state index in [1.54, 1.807) is 12.3 Å². The molecule has 0 unspecified atom stereocenters. The Morgan fingerprint density at radius 2 is 2.19 bits per heavy atom. The third-order valence-electron chi connectivity index (χ3n) is 2.85. The summed E-state index contributed by atoms with van der Waals surface area (Å²) in [6, 6.07) is 4.50. The zero-order valence-electron chi connectivity index (χ0n) is 11.0. The highest BCUT2D eigenvalue weighted by atomic mass is 19.1. The maximum Gasteiger partial charge on any atom is 0.241 e. The average molecular weight is 289 g/mol. The summed E-state index contributed by atoms with van der Waals surface area (Å²) < 4.78 is 18.6. The lowest BCUT2D eigenvalue weighted by Crippen LogP contribution is -2.11. The number of H-pyrrole nitrogens is 1. The highest BCUT2D eigenvalue weighted by Crippen LogP contribution is 2.26. The third kappa shape index (κ3) is 2.41. The lowest BCUT2D eigenvalue weighted by atomic mass is 10.2. The lowest BCUT2D eigenvalue weighted by molar-refractivity contribution is 0.386. The minimum absolute atomic E-state index is 0.168. The fourth-order valence-electron chi connectivity index (χ4n) is 1.88. The molecule has 108 valence electrons. The number of nitrogens with one attached hydrogen (secondary N) is 3. The molecule has 5 N–H and O–H groups in total. The summed E-state index contributed by atoms with van der Waals surface area (Å²) in [5.74, 6) is 5.67. The molecular formula is C12H12FN7O. The van der Waals surface area contributed by atoms with Gasteiger partial charge in [0, 0.05) is 11.8 Å². The summed E-state index contributed by atoms with van der Waals surface area (Å²) in [6.45, 7) is 0. The SMILES string of the molecule is COc1ccc(Nc2nc(NN)nc3[nH]ncc23)cc1F. The van der Waals surface area contributed by atoms with Crippen LogP contribution in [0.4, 0.5) is 21.8 Å². The summed E-state index contributed by atoms with van der Waals surface area (Å²) in [5.41, 5.74) is 3.38. The van der Waals surface area contributed by atoms with Crippen LogP contribution in [0.2, 0.25) is 0 Å². The van der Waals surface area contributed by atoms with E-state index in [4.69, 9.17) is 10.6 Å². The topological polar surface area (TPSA) is 114 Å². The Balaban J connectivity index is 2.01. The van der Waals surface area contributed by atoms with Crippen molar-refractivity contribution in [1.29, 1.82) is 0 Å². The molecule has 3 rings (SSSR count). The fraction of sp³-hybridized carbons (Fsp3) is 0.0833. The van der Waals surface area contributed by atoms with Crippen LogP contribution in [0, 0.1) is 5.82 Å². The minimum atomic E-state index is -0.475. The normalized spacial score (nSPS) is 10.6. The Morgan fingerprint density at radius 1 is 1.33 bits per heavy atom. The van der Waals surface area contributed by atoms with Gasteiger partial charge in [-0.15, -0.1) is 0 Å². The van der Waals surface area contributed by atoms with Gasteiger partial charge in [0.25, 0.3) is 0 Å². The Morgan fingerprint density at radius 3 is 2.90 bits per heavy atom. The molecule has 2 aromatic heterocycles. The van der Waals surface area contributed by atoms with Gasteiger partial charge in [-0.3, -0.25) is 10.5 Å². The standard InChI is InChI=1S/C12H12FN7O/c1-21-9-3-2-6(4-8(9)13)16-10-7-5-15-20-11(7)18-12(17-10)19-14/h2-5H,14H2,1H3,(H3,15,16,17,18,19,20). The van der Waals surface area contributed by atoms with Gasteiger partial charge in [-0.1, -0.05) is 0 Å². The van der Waals surface area contributed by atoms with E-state index in [9.17, 15) is 4.39 Å². The molecule has 0 atom stereocenters. The first-order valence-electron chi connectivity index (χ1n) is 5.99. The zero-order chi connectivity index (χ0) is 14.8. The van der Waals surface area contributed by atoms with Crippen molar-refractivity contribution < 1.29 is 9.13 Å². The summed E-state index contributed by atoms with van der Waals surface area (Å²) >= 11 is 0. The zero-order valence-corrected chi connectivity index (χ0v) is 11.0. The second-order valence-corrected chi connectivity index (χ2v) is 4.15. The molecule has 0 spiro atoms. The molecule has 3 aromatic rings. The van der Waals surface area contributed by atoms with E-state index in [0.29, 0.717) is 22.5 Å². The fourth-order valence-corrected chi connectivity index (χ4v) is 1.88. The van der Waals surface area contributed by atoms with E-state index in [-0.39, 0.29) is 11.7 Å². The Hall–Kier alpha value is -2.94. The number of nitrogens with zero attached hydrogens (tertiary/aromatic N) is 3. The molecule has 0 saturated carbocycles. The van der Waals surface area contributed by atoms with Crippen LogP contribution >= 0.6 is 0 Å². The van der Waals surface area contributed by atoms with E-state index in [1.807, 2.05) is 0 Å². The second kappa shape index (κ2) is 5.21. The van der Waals surface area contributed by atoms with Crippen molar-refractivity contribution in [2.75, 3.05) is 17.9 Å². The maximum absolute atomic E-state index is 13.7. The summed E-state index contributed by atoms with van der Waals surface area (Å²) in [5, 5.41) is 10.3. The predicted molar refractivity (Wildman–Crippen MR) is 75.7 cm³/mol. The molecule has 0 aliphatic heterocycles. The quantitative estimate of drug-likeness (QED) is 0.425. The van der Waals surface area contributed by atoms with Crippen LogP contribution in [0.1, 0.15) is 0 Å². The van der Waals surface area contributed by atoms with E-state index in [2.05, 4.69) is 30.9 Å². The van der Waals surface area contributed by atoms with Crippen LogP contribution in [-0.4, -0.2) is 27.3 Å². The van der Waals surface area contributed by atoms with Crippen molar-refractivity contribution in [2.45, 2.75) is 0 Å². The molecule has 0 aliphatic rings. The van der Waals surface area contributed by atoms with Crippen molar-refractivity contribution in [3.63, 3.8) is 0 Å². The molecule has 0 radical (unpaired) electrons. The molecule has 0 fully saturated rings. The van der Waals surface area contributed by atoms with Crippen molar-refractivity contribution in [3.05, 3.63) is 30.2 Å². The molecule has 8 nitrogen and oxygen atoms in total. The van der Waals surface area contributed by atoms with Crippen LogP contribution in [-0.2, 0) is 0 Å². The van der Waals surface area contributed by atoms with Gasteiger partial charge in [0.05, 0.1) is 18.7 Å². The van der Waals surface area contributed by atoms with E-state index >= 15 is 0 Å². The number of nitrogens with two attached hydrogens (primary N) is 1. The van der Waals surface area contributed by atoms with E-state index < -0.39 is 5.82 Å². The van der Waals surface area contributed by atoms with Crippen LogP contribution in [0.15, 0.2) is 24.4 Å². The first-order valence-corrected chi connectivity index (χ1v) is 5.99. The van der Waals surface area contributed by atoms with Crippen LogP contribution < -0.4 is 21.3 Å². The monoisotopic (exact) mass is 289 g/mol.